The predicted octanol–water partition coefficient (Wildman–Crippen LogP) is 1.87. The van der Waals surface area contributed by atoms with Gasteiger partial charge in [-0.25, -0.2) is 0 Å². The van der Waals surface area contributed by atoms with Crippen LogP contribution in [0.25, 0.3) is 6.08 Å². The van der Waals surface area contributed by atoms with Gasteiger partial charge >= 0.3 is 0 Å². The molecule has 0 atom stereocenters. The van der Waals surface area contributed by atoms with Crippen LogP contribution in [0.1, 0.15) is 22.5 Å². The van der Waals surface area contributed by atoms with E-state index in [1.807, 2.05) is 0 Å². The molecule has 1 N–H and O–H groups in total. The van der Waals surface area contributed by atoms with Crippen molar-refractivity contribution in [1.29, 1.82) is 0 Å². The number of hydrogen-bond donors (Lipinski definition) is 1. The van der Waals surface area contributed by atoms with Crippen molar-refractivity contribution in [2.75, 3.05) is 11.9 Å². The van der Waals surface area contributed by atoms with E-state index in [0.29, 0.717) is 15.0 Å². The maximum absolute atomic E-state index is 12.4. The third-order valence-corrected chi connectivity index (χ3v) is 5.05. The molecule has 1 aliphatic heterocycles. The Bertz CT molecular complexity index is 937. The standard InChI is InChI=1S/C18H14N2O5S2/c21-15(19-13-6-2-1-5-12(13)17(23)24)7-8-20-16(22)14(27-18(20)26)10-11-4-3-9-25-11/h1-6,9-10H,7-8H2,(H,19,21)(H,23,24)/p-1/b14-10+. The van der Waals surface area contributed by atoms with Gasteiger partial charge in [-0.3, -0.25) is 14.5 Å². The highest BCUT2D eigenvalue weighted by molar-refractivity contribution is 8.26. The SMILES string of the molecule is O=C(CCN1C(=O)/C(=C\c2ccco2)SC1=S)Nc1ccccc1C(=O)[O-]. The Labute approximate surface area is 164 Å². The molecule has 1 fully saturated rings. The second-order valence-corrected chi connectivity index (χ2v) is 7.16. The lowest BCUT2D eigenvalue weighted by atomic mass is 10.2. The summed E-state index contributed by atoms with van der Waals surface area (Å²) < 4.78 is 5.54. The molecule has 0 unspecified atom stereocenters. The minimum absolute atomic E-state index is 0.0398. The molecule has 1 aliphatic rings. The third kappa shape index (κ3) is 4.44. The average Bonchev–Trinajstić information content (AvgIpc) is 3.23. The Balaban J connectivity index is 1.61. The zero-order valence-corrected chi connectivity index (χ0v) is 15.5. The molecule has 0 spiro atoms. The van der Waals surface area contributed by atoms with E-state index < -0.39 is 11.9 Å². The Morgan fingerprint density at radius 2 is 2.04 bits per heavy atom. The number of rotatable bonds is 6. The number of amides is 2. The fraction of sp³-hybridized carbons (Fsp3) is 0.111. The molecule has 1 aromatic heterocycles. The van der Waals surface area contributed by atoms with Gasteiger partial charge in [0, 0.05) is 30.3 Å². The average molecular weight is 401 g/mol. The first kappa shape index (κ1) is 18.9. The van der Waals surface area contributed by atoms with Gasteiger partial charge in [0.05, 0.1) is 17.1 Å². The van der Waals surface area contributed by atoms with Crippen LogP contribution in [-0.4, -0.2) is 33.5 Å². The number of carboxylic acids is 1. The number of aromatic carboxylic acids is 1. The van der Waals surface area contributed by atoms with Crippen LogP contribution in [0.5, 0.6) is 0 Å². The highest BCUT2D eigenvalue weighted by Crippen LogP contribution is 2.32. The highest BCUT2D eigenvalue weighted by Gasteiger charge is 2.32. The quantitative estimate of drug-likeness (QED) is 0.582. The van der Waals surface area contributed by atoms with Crippen molar-refractivity contribution >= 4 is 57.8 Å². The molecule has 2 aromatic rings. The lowest BCUT2D eigenvalue weighted by Gasteiger charge is -2.15. The van der Waals surface area contributed by atoms with Crippen molar-refractivity contribution in [3.63, 3.8) is 0 Å². The van der Waals surface area contributed by atoms with Crippen molar-refractivity contribution in [2.24, 2.45) is 0 Å². The van der Waals surface area contributed by atoms with Crippen LogP contribution in [0, 0.1) is 0 Å². The summed E-state index contributed by atoms with van der Waals surface area (Å²) in [5.41, 5.74) is 0.0310. The van der Waals surface area contributed by atoms with Crippen molar-refractivity contribution in [1.82, 2.24) is 4.90 Å². The monoisotopic (exact) mass is 401 g/mol. The molecule has 1 aromatic carbocycles. The number of hydrogen-bond acceptors (Lipinski definition) is 7. The molecule has 0 saturated carbocycles. The lowest BCUT2D eigenvalue weighted by Crippen LogP contribution is -2.32. The van der Waals surface area contributed by atoms with E-state index in [1.54, 1.807) is 24.3 Å². The topological polar surface area (TPSA) is 103 Å². The molecule has 138 valence electrons. The van der Waals surface area contributed by atoms with Gasteiger partial charge in [-0.15, -0.1) is 0 Å². The molecule has 3 rings (SSSR count). The van der Waals surface area contributed by atoms with Crippen molar-refractivity contribution in [3.8, 4) is 0 Å². The summed E-state index contributed by atoms with van der Waals surface area (Å²) >= 11 is 6.34. The van der Waals surface area contributed by atoms with E-state index in [-0.39, 0.29) is 30.1 Å². The predicted molar refractivity (Wildman–Crippen MR) is 103 cm³/mol. The van der Waals surface area contributed by atoms with Gasteiger partial charge in [-0.1, -0.05) is 42.2 Å². The molecular weight excluding hydrogens is 388 g/mol. The summed E-state index contributed by atoms with van der Waals surface area (Å²) in [6, 6.07) is 9.37. The van der Waals surface area contributed by atoms with Crippen molar-refractivity contribution in [2.45, 2.75) is 6.42 Å². The second kappa shape index (κ2) is 8.19. The molecule has 0 aliphatic carbocycles. The Morgan fingerprint density at radius 3 is 2.74 bits per heavy atom. The number of thiocarbonyl (C=S) groups is 1. The molecule has 2 heterocycles. The van der Waals surface area contributed by atoms with Crippen molar-refractivity contribution in [3.05, 3.63) is 58.9 Å². The summed E-state index contributed by atoms with van der Waals surface area (Å²) in [6.45, 7) is 0.0828. The first-order chi connectivity index (χ1) is 13.0. The van der Waals surface area contributed by atoms with Crippen LogP contribution < -0.4 is 10.4 Å². The first-order valence-corrected chi connectivity index (χ1v) is 9.07. The Hall–Kier alpha value is -2.91. The van der Waals surface area contributed by atoms with E-state index in [9.17, 15) is 19.5 Å². The number of carboxylic acid groups (broad SMARTS) is 1. The van der Waals surface area contributed by atoms with Crippen molar-refractivity contribution < 1.29 is 23.9 Å². The molecule has 0 radical (unpaired) electrons. The van der Waals surface area contributed by atoms with E-state index in [0.717, 1.165) is 11.8 Å². The number of para-hydroxylation sites is 1. The smallest absolute Gasteiger partial charge is 0.266 e. The van der Waals surface area contributed by atoms with Crippen LogP contribution in [-0.2, 0) is 9.59 Å². The van der Waals surface area contributed by atoms with Gasteiger partial charge < -0.3 is 19.6 Å². The number of anilines is 1. The number of carbonyl (C=O) groups excluding carboxylic acids is 3. The third-order valence-electron chi connectivity index (χ3n) is 3.67. The van der Waals surface area contributed by atoms with Crippen LogP contribution in [0.3, 0.4) is 0 Å². The molecular formula is C18H13N2O5S2-. The normalized spacial score (nSPS) is 15.4. The van der Waals surface area contributed by atoms with Gasteiger partial charge in [0.15, 0.2) is 0 Å². The summed E-state index contributed by atoms with van der Waals surface area (Å²) in [5.74, 6) is -1.59. The Morgan fingerprint density at radius 1 is 1.26 bits per heavy atom. The van der Waals surface area contributed by atoms with Gasteiger partial charge in [0.2, 0.25) is 5.91 Å². The minimum atomic E-state index is -1.38. The number of nitrogens with one attached hydrogen (secondary N) is 1. The van der Waals surface area contributed by atoms with E-state index in [1.165, 1.54) is 29.4 Å². The molecule has 9 heteroatoms. The highest BCUT2D eigenvalue weighted by atomic mass is 32.2. The van der Waals surface area contributed by atoms with Crippen LogP contribution in [0.4, 0.5) is 5.69 Å². The van der Waals surface area contributed by atoms with Gasteiger partial charge in [0.25, 0.3) is 5.91 Å². The summed E-state index contributed by atoms with van der Waals surface area (Å²) in [4.78, 5) is 37.4. The molecule has 1 saturated heterocycles. The fourth-order valence-electron chi connectivity index (χ4n) is 2.39. The van der Waals surface area contributed by atoms with Gasteiger partial charge in [-0.05, 0) is 18.2 Å². The molecule has 7 nitrogen and oxygen atoms in total. The number of carbonyl (C=O) groups is 3. The number of benzene rings is 1. The lowest BCUT2D eigenvalue weighted by molar-refractivity contribution is -0.254. The molecule has 2 amide bonds. The van der Waals surface area contributed by atoms with Crippen LogP contribution in [0.15, 0.2) is 52.0 Å². The largest absolute Gasteiger partial charge is 0.545 e. The van der Waals surface area contributed by atoms with E-state index in [4.69, 9.17) is 16.6 Å². The van der Waals surface area contributed by atoms with E-state index >= 15 is 0 Å². The zero-order chi connectivity index (χ0) is 19.4. The van der Waals surface area contributed by atoms with Crippen LogP contribution in [0.2, 0.25) is 0 Å². The van der Waals surface area contributed by atoms with Gasteiger partial charge in [-0.2, -0.15) is 0 Å². The van der Waals surface area contributed by atoms with Crippen LogP contribution >= 0.6 is 24.0 Å². The Kier molecular flexibility index (Phi) is 5.72. The number of nitrogens with zero attached hydrogens (tertiary/aromatic N) is 1. The summed E-state index contributed by atoms with van der Waals surface area (Å²) in [7, 11) is 0. The summed E-state index contributed by atoms with van der Waals surface area (Å²) in [5, 5.41) is 13.6. The fourth-order valence-corrected chi connectivity index (χ4v) is 3.68. The second-order valence-electron chi connectivity index (χ2n) is 5.48. The maximum Gasteiger partial charge on any atom is 0.266 e. The summed E-state index contributed by atoms with van der Waals surface area (Å²) in [6.07, 6.45) is 3.05. The minimum Gasteiger partial charge on any atom is -0.545 e. The first-order valence-electron chi connectivity index (χ1n) is 7.85. The van der Waals surface area contributed by atoms with E-state index in [2.05, 4.69) is 5.32 Å². The zero-order valence-electron chi connectivity index (χ0n) is 13.8. The number of furan rings is 1. The molecule has 0 bridgehead atoms. The number of thioether (sulfide) groups is 1. The molecule has 27 heavy (non-hydrogen) atoms. The maximum atomic E-state index is 12.4. The van der Waals surface area contributed by atoms with Gasteiger partial charge in [0.1, 0.15) is 10.1 Å².